The quantitative estimate of drug-likeness (QED) is 0.762. The molecule has 0 amide bonds. The minimum absolute atomic E-state index is 0.516. The summed E-state index contributed by atoms with van der Waals surface area (Å²) in [4.78, 5) is 15.4. The van der Waals surface area contributed by atoms with Gasteiger partial charge >= 0.3 is 5.97 Å². The number of hydrogen-bond acceptors (Lipinski definition) is 4. The topological polar surface area (TPSA) is 90.9 Å². The molecular weight excluding hydrogens is 280 g/mol. The maximum atomic E-state index is 11.4. The molecule has 2 heterocycles. The smallest absolute Gasteiger partial charge is 0.310 e. The molecule has 2 aromatic rings. The Morgan fingerprint density at radius 1 is 1.27 bits per heavy atom. The van der Waals surface area contributed by atoms with Crippen LogP contribution in [-0.2, 0) is 11.3 Å². The lowest BCUT2D eigenvalue weighted by atomic mass is 9.74. The Labute approximate surface area is 130 Å². The number of carbonyl (C=O) groups is 1. The van der Waals surface area contributed by atoms with Gasteiger partial charge in [-0.05, 0) is 45.9 Å². The number of aromatic nitrogens is 3. The van der Waals surface area contributed by atoms with E-state index in [9.17, 15) is 9.90 Å². The third-order valence-electron chi connectivity index (χ3n) is 4.42. The average molecular weight is 302 g/mol. The summed E-state index contributed by atoms with van der Waals surface area (Å²) >= 11 is 0. The Morgan fingerprint density at radius 2 is 1.91 bits per heavy atom. The van der Waals surface area contributed by atoms with E-state index in [-0.39, 0.29) is 0 Å². The highest BCUT2D eigenvalue weighted by molar-refractivity contribution is 5.75. The zero-order valence-electron chi connectivity index (χ0n) is 13.3. The Balaban J connectivity index is 2.07. The molecule has 118 valence electrons. The van der Waals surface area contributed by atoms with Gasteiger partial charge in [0, 0.05) is 35.7 Å². The number of pyridine rings is 1. The number of carboxylic acids is 1. The van der Waals surface area contributed by atoms with Crippen molar-refractivity contribution in [2.75, 3.05) is 0 Å². The van der Waals surface area contributed by atoms with E-state index in [1.54, 1.807) is 26.2 Å². The summed E-state index contributed by atoms with van der Waals surface area (Å²) in [5.41, 5.74) is 1.28. The monoisotopic (exact) mass is 302 g/mol. The van der Waals surface area contributed by atoms with Gasteiger partial charge in [-0.2, -0.15) is 5.10 Å². The van der Waals surface area contributed by atoms with Crippen LogP contribution in [0, 0.1) is 5.41 Å². The van der Waals surface area contributed by atoms with Crippen LogP contribution in [-0.4, -0.2) is 31.8 Å². The summed E-state index contributed by atoms with van der Waals surface area (Å²) in [5, 5.41) is 19.9. The number of aromatic amines is 1. The van der Waals surface area contributed by atoms with Crippen LogP contribution < -0.4 is 5.32 Å². The molecule has 0 unspecified atom stereocenters. The molecule has 22 heavy (non-hydrogen) atoms. The summed E-state index contributed by atoms with van der Waals surface area (Å²) in [6.07, 6.45) is 3.45. The second-order valence-corrected chi connectivity index (χ2v) is 6.42. The first kappa shape index (κ1) is 16.2. The molecule has 0 spiro atoms. The molecule has 0 aromatic carbocycles. The van der Waals surface area contributed by atoms with Crippen LogP contribution in [0.4, 0.5) is 0 Å². The van der Waals surface area contributed by atoms with Crippen molar-refractivity contribution in [3.8, 4) is 11.3 Å². The molecule has 6 nitrogen and oxygen atoms in total. The lowest BCUT2D eigenvalue weighted by Gasteiger charge is -2.39. The molecule has 2 rings (SSSR count). The third kappa shape index (κ3) is 3.17. The highest BCUT2D eigenvalue weighted by atomic mass is 16.4. The molecular formula is C16H22N4O2. The van der Waals surface area contributed by atoms with E-state index in [1.165, 1.54) is 0 Å². The van der Waals surface area contributed by atoms with Crippen LogP contribution in [0.5, 0.6) is 0 Å². The predicted molar refractivity (Wildman–Crippen MR) is 84.2 cm³/mol. The Hall–Kier alpha value is -2.21. The predicted octanol–water partition coefficient (Wildman–Crippen LogP) is 2.45. The van der Waals surface area contributed by atoms with Crippen LogP contribution in [0.15, 0.2) is 30.6 Å². The van der Waals surface area contributed by atoms with E-state index in [1.807, 2.05) is 32.0 Å². The van der Waals surface area contributed by atoms with Crippen LogP contribution in [0.2, 0.25) is 0 Å². The molecule has 3 N–H and O–H groups in total. The maximum absolute atomic E-state index is 11.4. The van der Waals surface area contributed by atoms with Crippen molar-refractivity contribution in [3.05, 3.63) is 36.3 Å². The van der Waals surface area contributed by atoms with Crippen molar-refractivity contribution < 1.29 is 9.90 Å². The first-order valence-electron chi connectivity index (χ1n) is 7.17. The second kappa shape index (κ2) is 5.88. The molecule has 0 saturated heterocycles. The van der Waals surface area contributed by atoms with Crippen molar-refractivity contribution >= 4 is 5.97 Å². The van der Waals surface area contributed by atoms with E-state index < -0.39 is 16.9 Å². The van der Waals surface area contributed by atoms with Gasteiger partial charge in [-0.1, -0.05) is 0 Å². The van der Waals surface area contributed by atoms with Crippen LogP contribution in [0.25, 0.3) is 11.3 Å². The van der Waals surface area contributed by atoms with E-state index in [0.717, 1.165) is 17.0 Å². The largest absolute Gasteiger partial charge is 0.481 e. The fourth-order valence-electron chi connectivity index (χ4n) is 1.93. The zero-order valence-corrected chi connectivity index (χ0v) is 13.3. The number of H-pyrrole nitrogens is 1. The van der Waals surface area contributed by atoms with Crippen molar-refractivity contribution in [1.29, 1.82) is 0 Å². The normalized spacial score (nSPS) is 12.4. The molecule has 0 atom stereocenters. The highest BCUT2D eigenvalue weighted by Crippen LogP contribution is 2.31. The van der Waals surface area contributed by atoms with E-state index in [4.69, 9.17) is 0 Å². The van der Waals surface area contributed by atoms with Gasteiger partial charge in [-0.25, -0.2) is 0 Å². The van der Waals surface area contributed by atoms with Gasteiger partial charge in [0.2, 0.25) is 0 Å². The van der Waals surface area contributed by atoms with Gasteiger partial charge in [0.15, 0.2) is 0 Å². The summed E-state index contributed by atoms with van der Waals surface area (Å²) in [7, 11) is 0. The van der Waals surface area contributed by atoms with Crippen molar-refractivity contribution in [1.82, 2.24) is 20.5 Å². The van der Waals surface area contributed by atoms with Crippen molar-refractivity contribution in [2.24, 2.45) is 5.41 Å². The van der Waals surface area contributed by atoms with Crippen LogP contribution in [0.1, 0.15) is 33.4 Å². The third-order valence-corrected chi connectivity index (χ3v) is 4.42. The molecule has 0 aliphatic rings. The van der Waals surface area contributed by atoms with Gasteiger partial charge < -0.3 is 10.4 Å². The highest BCUT2D eigenvalue weighted by Gasteiger charge is 2.43. The maximum Gasteiger partial charge on any atom is 0.310 e. The number of nitrogens with one attached hydrogen (secondary N) is 2. The molecule has 0 bridgehead atoms. The van der Waals surface area contributed by atoms with Gasteiger partial charge in [0.25, 0.3) is 0 Å². The lowest BCUT2D eigenvalue weighted by molar-refractivity contribution is -0.151. The van der Waals surface area contributed by atoms with Gasteiger partial charge in [0.1, 0.15) is 0 Å². The summed E-state index contributed by atoms with van der Waals surface area (Å²) < 4.78 is 0. The van der Waals surface area contributed by atoms with E-state index in [2.05, 4.69) is 20.5 Å². The van der Waals surface area contributed by atoms with E-state index >= 15 is 0 Å². The number of carboxylic acid groups (broad SMARTS) is 1. The standard InChI is InChI=1S/C16H22N4O2/c1-15(2,14(21)22)16(3,4)18-10-12-9-13(20-19-12)11-5-7-17-8-6-11/h5-9,18H,10H2,1-4H3,(H,19,20)(H,21,22). The zero-order chi connectivity index (χ0) is 16.4. The fourth-order valence-corrected chi connectivity index (χ4v) is 1.93. The lowest BCUT2D eigenvalue weighted by Crippen LogP contribution is -2.54. The van der Waals surface area contributed by atoms with Gasteiger partial charge in [-0.15, -0.1) is 0 Å². The Bertz CT molecular complexity index is 647. The van der Waals surface area contributed by atoms with Crippen LogP contribution >= 0.6 is 0 Å². The molecule has 0 aliphatic carbocycles. The summed E-state index contributed by atoms with van der Waals surface area (Å²) in [5.74, 6) is -0.827. The van der Waals surface area contributed by atoms with E-state index in [0.29, 0.717) is 6.54 Å². The molecule has 0 saturated carbocycles. The second-order valence-electron chi connectivity index (χ2n) is 6.42. The SMILES string of the molecule is CC(C)(NCc1cc(-c2ccncc2)n[nH]1)C(C)(C)C(=O)O. The van der Waals surface area contributed by atoms with Gasteiger partial charge in [0.05, 0.1) is 11.1 Å². The summed E-state index contributed by atoms with van der Waals surface area (Å²) in [6.45, 7) is 7.74. The van der Waals surface area contributed by atoms with Crippen molar-refractivity contribution in [3.63, 3.8) is 0 Å². The molecule has 2 aromatic heterocycles. The average Bonchev–Trinajstić information content (AvgIpc) is 2.95. The molecule has 0 radical (unpaired) electrons. The molecule has 6 heteroatoms. The first-order chi connectivity index (χ1) is 10.2. The molecule has 0 fully saturated rings. The first-order valence-corrected chi connectivity index (χ1v) is 7.17. The number of rotatable bonds is 6. The summed E-state index contributed by atoms with van der Waals surface area (Å²) in [6, 6.07) is 5.74. The minimum Gasteiger partial charge on any atom is -0.481 e. The number of nitrogens with zero attached hydrogens (tertiary/aromatic N) is 2. The minimum atomic E-state index is -0.888. The Kier molecular flexibility index (Phi) is 4.32. The number of aliphatic carboxylic acids is 1. The number of hydrogen-bond donors (Lipinski definition) is 3. The van der Waals surface area contributed by atoms with Crippen LogP contribution in [0.3, 0.4) is 0 Å². The van der Waals surface area contributed by atoms with Gasteiger partial charge in [-0.3, -0.25) is 14.9 Å². The van der Waals surface area contributed by atoms with Crippen molar-refractivity contribution in [2.45, 2.75) is 39.8 Å². The fraction of sp³-hybridized carbons (Fsp3) is 0.438. The molecule has 0 aliphatic heterocycles. The Morgan fingerprint density at radius 3 is 2.50 bits per heavy atom.